The van der Waals surface area contributed by atoms with Gasteiger partial charge in [0, 0.05) is 5.69 Å². The smallest absolute Gasteiger partial charge is 0.257 e. The molecule has 0 spiro atoms. The molecule has 2 aromatic carbocycles. The monoisotopic (exact) mass is 258 g/mol. The summed E-state index contributed by atoms with van der Waals surface area (Å²) in [6.07, 6.45) is 0. The average molecular weight is 258 g/mol. The second-order valence-electron chi connectivity index (χ2n) is 4.53. The summed E-state index contributed by atoms with van der Waals surface area (Å²) in [5.41, 5.74) is 8.42. The molecule has 0 heterocycles. The van der Waals surface area contributed by atoms with Crippen LogP contribution < -0.4 is 11.1 Å². The Morgan fingerprint density at radius 2 is 1.74 bits per heavy atom. The van der Waals surface area contributed by atoms with Gasteiger partial charge in [-0.05, 0) is 49.2 Å². The second kappa shape index (κ2) is 5.10. The maximum Gasteiger partial charge on any atom is 0.257 e. The Morgan fingerprint density at radius 3 is 2.37 bits per heavy atom. The van der Waals surface area contributed by atoms with E-state index >= 15 is 0 Å². The van der Waals surface area contributed by atoms with Gasteiger partial charge in [-0.3, -0.25) is 4.79 Å². The van der Waals surface area contributed by atoms with Crippen molar-refractivity contribution in [1.29, 1.82) is 0 Å². The number of amides is 1. The molecule has 98 valence electrons. The fourth-order valence-electron chi connectivity index (χ4n) is 1.80. The molecule has 0 radical (unpaired) electrons. The molecule has 2 rings (SSSR count). The van der Waals surface area contributed by atoms with Gasteiger partial charge < -0.3 is 11.1 Å². The van der Waals surface area contributed by atoms with Gasteiger partial charge in [0.15, 0.2) is 0 Å². The van der Waals surface area contributed by atoms with Gasteiger partial charge in [0.25, 0.3) is 5.91 Å². The van der Waals surface area contributed by atoms with Crippen molar-refractivity contribution in [3.05, 3.63) is 58.9 Å². The van der Waals surface area contributed by atoms with Crippen LogP contribution in [0.15, 0.2) is 36.4 Å². The first-order valence-corrected chi connectivity index (χ1v) is 5.91. The molecular formula is C15H15FN2O. The van der Waals surface area contributed by atoms with Gasteiger partial charge in [0.05, 0.1) is 11.3 Å². The Labute approximate surface area is 111 Å². The molecule has 19 heavy (non-hydrogen) atoms. The molecule has 3 nitrogen and oxygen atoms in total. The summed E-state index contributed by atoms with van der Waals surface area (Å²) in [6, 6.07) is 9.77. The number of halogens is 1. The first kappa shape index (κ1) is 13.1. The number of benzene rings is 2. The van der Waals surface area contributed by atoms with Crippen LogP contribution in [0.3, 0.4) is 0 Å². The zero-order valence-electron chi connectivity index (χ0n) is 10.8. The molecule has 0 unspecified atom stereocenters. The molecule has 0 bridgehead atoms. The molecule has 0 aromatic heterocycles. The van der Waals surface area contributed by atoms with E-state index < -0.39 is 11.7 Å². The van der Waals surface area contributed by atoms with Crippen LogP contribution in [0.5, 0.6) is 0 Å². The van der Waals surface area contributed by atoms with Gasteiger partial charge in [0.2, 0.25) is 0 Å². The molecule has 0 atom stereocenters. The molecule has 0 fully saturated rings. The van der Waals surface area contributed by atoms with Crippen LogP contribution in [-0.2, 0) is 0 Å². The molecule has 0 aliphatic carbocycles. The van der Waals surface area contributed by atoms with E-state index in [1.165, 1.54) is 12.1 Å². The van der Waals surface area contributed by atoms with Crippen molar-refractivity contribution >= 4 is 17.3 Å². The van der Waals surface area contributed by atoms with E-state index in [0.29, 0.717) is 11.3 Å². The van der Waals surface area contributed by atoms with Crippen molar-refractivity contribution < 1.29 is 9.18 Å². The topological polar surface area (TPSA) is 55.1 Å². The number of nitrogen functional groups attached to an aromatic ring is 1. The third-order valence-corrected chi connectivity index (χ3v) is 2.82. The number of carbonyl (C=O) groups excluding carboxylic acids is 1. The number of hydrogen-bond acceptors (Lipinski definition) is 2. The van der Waals surface area contributed by atoms with E-state index in [9.17, 15) is 9.18 Å². The highest BCUT2D eigenvalue weighted by Gasteiger charge is 2.12. The fraction of sp³-hybridized carbons (Fsp3) is 0.133. The Hall–Kier alpha value is -2.36. The van der Waals surface area contributed by atoms with Gasteiger partial charge in [-0.15, -0.1) is 0 Å². The van der Waals surface area contributed by atoms with Crippen LogP contribution in [0.25, 0.3) is 0 Å². The summed E-state index contributed by atoms with van der Waals surface area (Å²) in [6.45, 7) is 3.67. The maximum atomic E-state index is 13.6. The summed E-state index contributed by atoms with van der Waals surface area (Å²) in [5.74, 6) is -0.876. The lowest BCUT2D eigenvalue weighted by Gasteiger charge is -2.09. The Kier molecular flexibility index (Phi) is 3.51. The highest BCUT2D eigenvalue weighted by atomic mass is 19.1. The number of nitrogens with two attached hydrogens (primary N) is 1. The Bertz CT molecular complexity index is 638. The summed E-state index contributed by atoms with van der Waals surface area (Å²) < 4.78 is 13.6. The Morgan fingerprint density at radius 1 is 1.11 bits per heavy atom. The number of rotatable bonds is 2. The number of aryl methyl sites for hydroxylation is 2. The number of hydrogen-bond donors (Lipinski definition) is 2. The summed E-state index contributed by atoms with van der Waals surface area (Å²) in [7, 11) is 0. The third-order valence-electron chi connectivity index (χ3n) is 2.82. The van der Waals surface area contributed by atoms with E-state index in [1.807, 2.05) is 6.92 Å². The number of carbonyl (C=O) groups is 1. The van der Waals surface area contributed by atoms with Crippen molar-refractivity contribution in [2.75, 3.05) is 11.1 Å². The molecule has 3 N–H and O–H groups in total. The summed E-state index contributed by atoms with van der Waals surface area (Å²) in [5, 5.41) is 2.52. The highest BCUT2D eigenvalue weighted by Crippen LogP contribution is 2.19. The van der Waals surface area contributed by atoms with Gasteiger partial charge >= 0.3 is 0 Å². The van der Waals surface area contributed by atoms with Crippen LogP contribution in [0.1, 0.15) is 21.5 Å². The van der Waals surface area contributed by atoms with E-state index in [4.69, 9.17) is 5.73 Å². The number of anilines is 2. The SMILES string of the molecule is Cc1ccc(C(=O)Nc2ccc(C)cc2F)c(N)c1. The van der Waals surface area contributed by atoms with Gasteiger partial charge in [-0.2, -0.15) is 0 Å². The van der Waals surface area contributed by atoms with Crippen molar-refractivity contribution in [1.82, 2.24) is 0 Å². The van der Waals surface area contributed by atoms with E-state index in [2.05, 4.69) is 5.32 Å². The molecule has 0 aliphatic rings. The van der Waals surface area contributed by atoms with Gasteiger partial charge in [0.1, 0.15) is 5.82 Å². The first-order valence-electron chi connectivity index (χ1n) is 5.91. The van der Waals surface area contributed by atoms with Crippen LogP contribution >= 0.6 is 0 Å². The second-order valence-corrected chi connectivity index (χ2v) is 4.53. The Balaban J connectivity index is 2.25. The van der Waals surface area contributed by atoms with E-state index in [-0.39, 0.29) is 5.69 Å². The van der Waals surface area contributed by atoms with E-state index in [0.717, 1.165) is 11.1 Å². The standard InChI is InChI=1S/C15H15FN2O/c1-9-4-6-14(12(16)7-9)18-15(19)11-5-3-10(2)8-13(11)17/h3-8H,17H2,1-2H3,(H,18,19). The molecular weight excluding hydrogens is 243 g/mol. The average Bonchev–Trinajstić information content (AvgIpc) is 2.32. The van der Waals surface area contributed by atoms with Crippen molar-refractivity contribution in [2.45, 2.75) is 13.8 Å². The first-order chi connectivity index (χ1) is 8.97. The minimum atomic E-state index is -0.459. The maximum absolute atomic E-state index is 13.6. The lowest BCUT2D eigenvalue weighted by atomic mass is 10.1. The molecule has 2 aromatic rings. The van der Waals surface area contributed by atoms with Crippen LogP contribution in [0.2, 0.25) is 0 Å². The largest absolute Gasteiger partial charge is 0.398 e. The predicted octanol–water partition coefficient (Wildman–Crippen LogP) is 3.28. The zero-order valence-corrected chi connectivity index (χ0v) is 10.8. The molecule has 0 saturated heterocycles. The highest BCUT2D eigenvalue weighted by molar-refractivity contribution is 6.07. The quantitative estimate of drug-likeness (QED) is 0.812. The lowest BCUT2D eigenvalue weighted by Crippen LogP contribution is -2.15. The summed E-state index contributed by atoms with van der Waals surface area (Å²) in [4.78, 5) is 12.0. The molecule has 4 heteroatoms. The normalized spacial score (nSPS) is 10.3. The minimum Gasteiger partial charge on any atom is -0.398 e. The predicted molar refractivity (Wildman–Crippen MR) is 74.7 cm³/mol. The van der Waals surface area contributed by atoms with Crippen molar-refractivity contribution in [2.24, 2.45) is 0 Å². The van der Waals surface area contributed by atoms with Crippen molar-refractivity contribution in [3.8, 4) is 0 Å². The minimum absolute atomic E-state index is 0.149. The van der Waals surface area contributed by atoms with Crippen molar-refractivity contribution in [3.63, 3.8) is 0 Å². The van der Waals surface area contributed by atoms with Gasteiger partial charge in [-0.25, -0.2) is 4.39 Å². The zero-order chi connectivity index (χ0) is 14.0. The van der Waals surface area contributed by atoms with Crippen LogP contribution in [-0.4, -0.2) is 5.91 Å². The summed E-state index contributed by atoms with van der Waals surface area (Å²) >= 11 is 0. The molecule has 0 aliphatic heterocycles. The number of nitrogens with one attached hydrogen (secondary N) is 1. The molecule has 1 amide bonds. The molecule has 0 saturated carbocycles. The fourth-order valence-corrected chi connectivity index (χ4v) is 1.80. The van der Waals surface area contributed by atoms with Gasteiger partial charge in [-0.1, -0.05) is 12.1 Å². The lowest BCUT2D eigenvalue weighted by molar-refractivity contribution is 0.102. The third kappa shape index (κ3) is 2.91. The van der Waals surface area contributed by atoms with Crippen LogP contribution in [0, 0.1) is 19.7 Å². The van der Waals surface area contributed by atoms with E-state index in [1.54, 1.807) is 31.2 Å². The van der Waals surface area contributed by atoms with Crippen LogP contribution in [0.4, 0.5) is 15.8 Å².